The van der Waals surface area contributed by atoms with Crippen LogP contribution in [0.5, 0.6) is 0 Å². The zero-order valence-corrected chi connectivity index (χ0v) is 14.3. The molecule has 3 aromatic rings. The first-order valence-electron chi connectivity index (χ1n) is 7.61. The number of hydrogen-bond donors (Lipinski definition) is 1. The van der Waals surface area contributed by atoms with Gasteiger partial charge in [-0.15, -0.1) is 0 Å². The van der Waals surface area contributed by atoms with Crippen LogP contribution < -0.4 is 16.6 Å². The van der Waals surface area contributed by atoms with Gasteiger partial charge in [-0.05, 0) is 28.1 Å². The van der Waals surface area contributed by atoms with E-state index in [2.05, 4.69) is 25.9 Å². The Labute approximate surface area is 151 Å². The monoisotopic (exact) mass is 367 g/mol. The Hall–Kier alpha value is -4.14. The molecule has 2 aromatic heterocycles. The molecule has 1 aromatic carbocycles. The molecule has 0 aliphatic rings. The number of nitriles is 1. The summed E-state index contributed by atoms with van der Waals surface area (Å²) in [5, 5.41) is 25.5. The Bertz CT molecular complexity index is 1160. The number of carbonyl (C=O) groups excluding carboxylic acids is 1. The minimum Gasteiger partial charge on any atom is -0.288 e. The number of nitrogens with zero attached hydrogens (tertiary/aromatic N) is 8. The molecule has 0 fully saturated rings. The first-order valence-corrected chi connectivity index (χ1v) is 7.61. The molecule has 0 aliphatic heterocycles. The molecule has 0 atom stereocenters. The third-order valence-corrected chi connectivity index (χ3v) is 3.69. The number of benzene rings is 1. The van der Waals surface area contributed by atoms with Crippen LogP contribution in [0.2, 0.25) is 0 Å². The van der Waals surface area contributed by atoms with Crippen molar-refractivity contribution in [3.63, 3.8) is 0 Å². The van der Waals surface area contributed by atoms with Gasteiger partial charge in [-0.1, -0.05) is 17.2 Å². The van der Waals surface area contributed by atoms with Crippen molar-refractivity contribution in [1.82, 2.24) is 34.6 Å². The van der Waals surface area contributed by atoms with E-state index in [9.17, 15) is 14.4 Å². The van der Waals surface area contributed by atoms with Gasteiger partial charge in [0.1, 0.15) is 0 Å². The quantitative estimate of drug-likeness (QED) is 0.593. The predicted molar refractivity (Wildman–Crippen MR) is 90.7 cm³/mol. The van der Waals surface area contributed by atoms with E-state index in [0.29, 0.717) is 11.1 Å². The number of nitrogens with one attached hydrogen (secondary N) is 1. The summed E-state index contributed by atoms with van der Waals surface area (Å²) < 4.78 is 2.99. The van der Waals surface area contributed by atoms with Crippen molar-refractivity contribution >= 4 is 11.9 Å². The van der Waals surface area contributed by atoms with Crippen molar-refractivity contribution in [2.24, 2.45) is 14.1 Å². The van der Waals surface area contributed by atoms with E-state index in [1.54, 1.807) is 24.3 Å². The van der Waals surface area contributed by atoms with Crippen molar-refractivity contribution in [2.75, 3.05) is 5.32 Å². The van der Waals surface area contributed by atoms with E-state index in [1.165, 1.54) is 18.8 Å². The third kappa shape index (κ3) is 3.47. The van der Waals surface area contributed by atoms with Crippen LogP contribution in [0, 0.1) is 11.3 Å². The standard InChI is InChI=1S/C15H13N9O3/c1-22-14(18-20-21-22)17-12(25)11-13(26)24(15(27)23(2)19-11)8-10-5-3-9(7-16)4-6-10/h3-6H,8H2,1-2H3,(H,17,18,21,25). The molecule has 0 saturated heterocycles. The number of hydrogen-bond acceptors (Lipinski definition) is 8. The second-order valence-electron chi connectivity index (χ2n) is 5.54. The summed E-state index contributed by atoms with van der Waals surface area (Å²) >= 11 is 0. The maximum atomic E-state index is 12.6. The van der Waals surface area contributed by atoms with Gasteiger partial charge in [0.25, 0.3) is 11.5 Å². The summed E-state index contributed by atoms with van der Waals surface area (Å²) in [6.45, 7) is -0.0778. The average Bonchev–Trinajstić information content (AvgIpc) is 3.06. The van der Waals surface area contributed by atoms with Crippen LogP contribution in [-0.4, -0.2) is 40.5 Å². The summed E-state index contributed by atoms with van der Waals surface area (Å²) in [5.74, 6) is -0.823. The summed E-state index contributed by atoms with van der Waals surface area (Å²) in [6, 6.07) is 8.37. The molecule has 0 unspecified atom stereocenters. The summed E-state index contributed by atoms with van der Waals surface area (Å²) in [5.41, 5.74) is -0.945. The van der Waals surface area contributed by atoms with Crippen molar-refractivity contribution < 1.29 is 4.79 Å². The Kier molecular flexibility index (Phi) is 4.58. The average molecular weight is 367 g/mol. The minimum absolute atomic E-state index is 0.0219. The van der Waals surface area contributed by atoms with Gasteiger partial charge in [0.2, 0.25) is 11.6 Å². The van der Waals surface area contributed by atoms with Crippen LogP contribution in [0.25, 0.3) is 0 Å². The Morgan fingerprint density at radius 1 is 1.19 bits per heavy atom. The lowest BCUT2D eigenvalue weighted by Crippen LogP contribution is -2.44. The molecule has 0 radical (unpaired) electrons. The molecule has 12 heteroatoms. The first kappa shape index (κ1) is 17.7. The number of carbonyl (C=O) groups is 1. The smallest absolute Gasteiger partial charge is 0.288 e. The molecule has 0 bridgehead atoms. The van der Waals surface area contributed by atoms with E-state index in [1.807, 2.05) is 6.07 Å². The third-order valence-electron chi connectivity index (χ3n) is 3.69. The molecule has 1 N–H and O–H groups in total. The molecule has 12 nitrogen and oxygen atoms in total. The number of amides is 1. The second-order valence-corrected chi connectivity index (χ2v) is 5.54. The van der Waals surface area contributed by atoms with Crippen LogP contribution >= 0.6 is 0 Å². The predicted octanol–water partition coefficient (Wildman–Crippen LogP) is -1.36. The summed E-state index contributed by atoms with van der Waals surface area (Å²) in [4.78, 5) is 37.3. The van der Waals surface area contributed by atoms with Crippen LogP contribution in [0.1, 0.15) is 21.6 Å². The fourth-order valence-corrected chi connectivity index (χ4v) is 2.27. The van der Waals surface area contributed by atoms with Gasteiger partial charge in [0.15, 0.2) is 0 Å². The lowest BCUT2D eigenvalue weighted by molar-refractivity contribution is 0.101. The number of aromatic nitrogens is 7. The Morgan fingerprint density at radius 3 is 2.48 bits per heavy atom. The van der Waals surface area contributed by atoms with Crippen LogP contribution in [0.4, 0.5) is 5.95 Å². The van der Waals surface area contributed by atoms with Gasteiger partial charge >= 0.3 is 5.69 Å². The highest BCUT2D eigenvalue weighted by atomic mass is 16.2. The Balaban J connectivity index is 1.98. The molecule has 3 rings (SSSR count). The minimum atomic E-state index is -0.852. The number of tetrazole rings is 1. The summed E-state index contributed by atoms with van der Waals surface area (Å²) in [7, 11) is 2.84. The van der Waals surface area contributed by atoms with Crippen LogP contribution in [-0.2, 0) is 20.6 Å². The molecular weight excluding hydrogens is 354 g/mol. The van der Waals surface area contributed by atoms with Gasteiger partial charge in [0.05, 0.1) is 18.2 Å². The molecular formula is C15H13N9O3. The van der Waals surface area contributed by atoms with Gasteiger partial charge in [0, 0.05) is 14.1 Å². The lowest BCUT2D eigenvalue weighted by atomic mass is 10.1. The van der Waals surface area contributed by atoms with E-state index in [-0.39, 0.29) is 12.5 Å². The first-order chi connectivity index (χ1) is 12.9. The Morgan fingerprint density at radius 2 is 1.89 bits per heavy atom. The molecule has 0 spiro atoms. The normalized spacial score (nSPS) is 10.4. The molecule has 0 aliphatic carbocycles. The zero-order valence-electron chi connectivity index (χ0n) is 14.3. The molecule has 136 valence electrons. The number of anilines is 1. The van der Waals surface area contributed by atoms with Crippen molar-refractivity contribution in [3.8, 4) is 6.07 Å². The summed E-state index contributed by atoms with van der Waals surface area (Å²) in [6.07, 6.45) is 0. The fraction of sp³-hybridized carbons (Fsp3) is 0.200. The van der Waals surface area contributed by atoms with E-state index < -0.39 is 22.9 Å². The number of rotatable bonds is 4. The van der Waals surface area contributed by atoms with E-state index >= 15 is 0 Å². The number of aryl methyl sites for hydroxylation is 2. The van der Waals surface area contributed by atoms with E-state index in [4.69, 9.17) is 5.26 Å². The molecule has 1 amide bonds. The second kappa shape index (κ2) is 7.00. The molecule has 2 heterocycles. The highest BCUT2D eigenvalue weighted by Gasteiger charge is 2.20. The molecule has 27 heavy (non-hydrogen) atoms. The maximum absolute atomic E-state index is 12.6. The van der Waals surface area contributed by atoms with Crippen molar-refractivity contribution in [1.29, 1.82) is 5.26 Å². The zero-order chi connectivity index (χ0) is 19.6. The largest absolute Gasteiger partial charge is 0.347 e. The SMILES string of the molecule is Cn1nnnc1NC(=O)c1nn(C)c(=O)n(Cc2ccc(C#N)cc2)c1=O. The van der Waals surface area contributed by atoms with Gasteiger partial charge in [-0.2, -0.15) is 10.4 Å². The topological polar surface area (TPSA) is 153 Å². The lowest BCUT2D eigenvalue weighted by Gasteiger charge is -2.09. The van der Waals surface area contributed by atoms with Gasteiger partial charge < -0.3 is 0 Å². The highest BCUT2D eigenvalue weighted by Crippen LogP contribution is 2.04. The fourth-order valence-electron chi connectivity index (χ4n) is 2.27. The van der Waals surface area contributed by atoms with Gasteiger partial charge in [-0.25, -0.2) is 14.2 Å². The maximum Gasteiger partial charge on any atom is 0.347 e. The van der Waals surface area contributed by atoms with E-state index in [0.717, 1.165) is 9.25 Å². The van der Waals surface area contributed by atoms with Crippen LogP contribution in [0.3, 0.4) is 0 Å². The van der Waals surface area contributed by atoms with Crippen molar-refractivity contribution in [2.45, 2.75) is 6.54 Å². The highest BCUT2D eigenvalue weighted by molar-refractivity contribution is 6.01. The van der Waals surface area contributed by atoms with Crippen LogP contribution in [0.15, 0.2) is 33.9 Å². The van der Waals surface area contributed by atoms with Gasteiger partial charge in [-0.3, -0.25) is 19.5 Å². The molecule has 0 saturated carbocycles. The van der Waals surface area contributed by atoms with Crippen molar-refractivity contribution in [3.05, 3.63) is 61.9 Å².